The standard InChI is InChI=1S/C8H10BrN5/c9-7-6-14(12-8(7)10)5-4-13-3-1-2-11-13/h1-3,6H,4-5H2,(H2,10,12). The van der Waals surface area contributed by atoms with Gasteiger partial charge in [0, 0.05) is 18.6 Å². The highest BCUT2D eigenvalue weighted by Gasteiger charge is 2.01. The number of halogens is 1. The Morgan fingerprint density at radius 2 is 2.14 bits per heavy atom. The Balaban J connectivity index is 1.98. The van der Waals surface area contributed by atoms with E-state index in [4.69, 9.17) is 5.73 Å². The van der Waals surface area contributed by atoms with Crippen molar-refractivity contribution in [2.75, 3.05) is 5.73 Å². The Morgan fingerprint density at radius 1 is 1.36 bits per heavy atom. The summed E-state index contributed by atoms with van der Waals surface area (Å²) in [5.74, 6) is 0.519. The normalized spacial score (nSPS) is 10.6. The summed E-state index contributed by atoms with van der Waals surface area (Å²) in [4.78, 5) is 0. The summed E-state index contributed by atoms with van der Waals surface area (Å²) < 4.78 is 4.48. The summed E-state index contributed by atoms with van der Waals surface area (Å²) in [7, 11) is 0. The molecule has 0 unspecified atom stereocenters. The number of nitrogens with zero attached hydrogens (tertiary/aromatic N) is 4. The monoisotopic (exact) mass is 255 g/mol. The molecule has 2 heterocycles. The molecule has 2 N–H and O–H groups in total. The lowest BCUT2D eigenvalue weighted by molar-refractivity contribution is 0.501. The number of hydrogen-bond acceptors (Lipinski definition) is 3. The Labute approximate surface area is 89.6 Å². The van der Waals surface area contributed by atoms with Crippen LogP contribution in [0.15, 0.2) is 29.1 Å². The zero-order valence-electron chi connectivity index (χ0n) is 7.47. The first-order chi connectivity index (χ1) is 6.75. The Kier molecular flexibility index (Phi) is 2.53. The summed E-state index contributed by atoms with van der Waals surface area (Å²) in [6.45, 7) is 1.55. The number of nitrogens with two attached hydrogens (primary N) is 1. The van der Waals surface area contributed by atoms with Crippen LogP contribution in [0.3, 0.4) is 0 Å². The van der Waals surface area contributed by atoms with E-state index < -0.39 is 0 Å². The molecule has 0 amide bonds. The maximum absolute atomic E-state index is 5.59. The lowest BCUT2D eigenvalue weighted by Gasteiger charge is -2.00. The molecule has 74 valence electrons. The van der Waals surface area contributed by atoms with E-state index in [9.17, 15) is 0 Å². The lowest BCUT2D eigenvalue weighted by Crippen LogP contribution is -2.08. The second kappa shape index (κ2) is 3.83. The van der Waals surface area contributed by atoms with E-state index in [0.717, 1.165) is 17.6 Å². The predicted octanol–water partition coefficient (Wildman–Crippen LogP) is 1.12. The van der Waals surface area contributed by atoms with Crippen LogP contribution in [0.25, 0.3) is 0 Å². The summed E-state index contributed by atoms with van der Waals surface area (Å²) in [5, 5.41) is 8.21. The third kappa shape index (κ3) is 1.95. The highest BCUT2D eigenvalue weighted by Crippen LogP contribution is 2.15. The average Bonchev–Trinajstić information content (AvgIpc) is 2.74. The van der Waals surface area contributed by atoms with Crippen molar-refractivity contribution in [3.63, 3.8) is 0 Å². The third-order valence-corrected chi connectivity index (χ3v) is 2.47. The fourth-order valence-corrected chi connectivity index (χ4v) is 1.48. The number of aryl methyl sites for hydroxylation is 2. The van der Waals surface area contributed by atoms with E-state index in [1.54, 1.807) is 10.9 Å². The highest BCUT2D eigenvalue weighted by molar-refractivity contribution is 9.10. The molecule has 0 aliphatic heterocycles. The van der Waals surface area contributed by atoms with Gasteiger partial charge in [-0.1, -0.05) is 0 Å². The van der Waals surface area contributed by atoms with Crippen LogP contribution in [0.2, 0.25) is 0 Å². The van der Waals surface area contributed by atoms with E-state index in [1.807, 2.05) is 23.1 Å². The van der Waals surface area contributed by atoms with E-state index in [-0.39, 0.29) is 0 Å². The van der Waals surface area contributed by atoms with Gasteiger partial charge in [-0.05, 0) is 22.0 Å². The molecule has 0 aromatic carbocycles. The van der Waals surface area contributed by atoms with Crippen LogP contribution in [-0.4, -0.2) is 19.6 Å². The molecule has 2 aromatic heterocycles. The molecule has 0 atom stereocenters. The first-order valence-electron chi connectivity index (χ1n) is 4.21. The number of hydrogen-bond donors (Lipinski definition) is 1. The molecule has 0 radical (unpaired) electrons. The van der Waals surface area contributed by atoms with E-state index in [1.165, 1.54) is 0 Å². The van der Waals surface area contributed by atoms with E-state index >= 15 is 0 Å². The number of anilines is 1. The second-order valence-electron chi connectivity index (χ2n) is 2.89. The average molecular weight is 256 g/mol. The Hall–Kier alpha value is -1.30. The van der Waals surface area contributed by atoms with Gasteiger partial charge in [0.2, 0.25) is 0 Å². The van der Waals surface area contributed by atoms with Crippen molar-refractivity contribution in [2.24, 2.45) is 0 Å². The molecule has 0 aliphatic carbocycles. The van der Waals surface area contributed by atoms with Crippen LogP contribution < -0.4 is 5.73 Å². The van der Waals surface area contributed by atoms with Gasteiger partial charge in [-0.15, -0.1) is 0 Å². The molecule has 2 rings (SSSR count). The van der Waals surface area contributed by atoms with Crippen molar-refractivity contribution in [2.45, 2.75) is 13.1 Å². The zero-order chi connectivity index (χ0) is 9.97. The van der Waals surface area contributed by atoms with Crippen LogP contribution in [0.5, 0.6) is 0 Å². The first kappa shape index (κ1) is 9.26. The van der Waals surface area contributed by atoms with Crippen molar-refractivity contribution in [3.8, 4) is 0 Å². The molecule has 14 heavy (non-hydrogen) atoms. The number of aromatic nitrogens is 4. The van der Waals surface area contributed by atoms with Crippen LogP contribution >= 0.6 is 15.9 Å². The first-order valence-corrected chi connectivity index (χ1v) is 5.01. The fraction of sp³-hybridized carbons (Fsp3) is 0.250. The van der Waals surface area contributed by atoms with Gasteiger partial charge < -0.3 is 5.73 Å². The van der Waals surface area contributed by atoms with Crippen molar-refractivity contribution < 1.29 is 0 Å². The van der Waals surface area contributed by atoms with Crippen LogP contribution in [-0.2, 0) is 13.1 Å². The molecule has 5 nitrogen and oxygen atoms in total. The maximum atomic E-state index is 5.59. The van der Waals surface area contributed by atoms with Crippen molar-refractivity contribution >= 4 is 21.7 Å². The SMILES string of the molecule is Nc1nn(CCn2cccn2)cc1Br. The van der Waals surface area contributed by atoms with Crippen molar-refractivity contribution in [1.29, 1.82) is 0 Å². The molecular weight excluding hydrogens is 246 g/mol. The Bertz CT molecular complexity index is 386. The fourth-order valence-electron chi connectivity index (χ4n) is 1.16. The van der Waals surface area contributed by atoms with Crippen LogP contribution in [0.4, 0.5) is 5.82 Å². The summed E-state index contributed by atoms with van der Waals surface area (Å²) in [6, 6.07) is 1.90. The van der Waals surface area contributed by atoms with E-state index in [0.29, 0.717) is 5.82 Å². The van der Waals surface area contributed by atoms with E-state index in [2.05, 4.69) is 26.1 Å². The van der Waals surface area contributed by atoms with Gasteiger partial charge in [0.05, 0.1) is 17.6 Å². The maximum Gasteiger partial charge on any atom is 0.159 e. The Morgan fingerprint density at radius 3 is 2.71 bits per heavy atom. The minimum atomic E-state index is 0.519. The van der Waals surface area contributed by atoms with Gasteiger partial charge in [0.1, 0.15) is 0 Å². The van der Waals surface area contributed by atoms with Gasteiger partial charge in [-0.25, -0.2) is 0 Å². The number of rotatable bonds is 3. The minimum absolute atomic E-state index is 0.519. The van der Waals surface area contributed by atoms with Crippen LogP contribution in [0, 0.1) is 0 Å². The third-order valence-electron chi connectivity index (χ3n) is 1.86. The van der Waals surface area contributed by atoms with Gasteiger partial charge in [0.25, 0.3) is 0 Å². The molecule has 0 saturated carbocycles. The second-order valence-corrected chi connectivity index (χ2v) is 3.75. The molecule has 0 aliphatic rings. The topological polar surface area (TPSA) is 61.7 Å². The molecule has 0 spiro atoms. The summed E-state index contributed by atoms with van der Waals surface area (Å²) in [6.07, 6.45) is 5.54. The summed E-state index contributed by atoms with van der Waals surface area (Å²) >= 11 is 3.30. The molecule has 0 bridgehead atoms. The predicted molar refractivity (Wildman–Crippen MR) is 56.6 cm³/mol. The largest absolute Gasteiger partial charge is 0.381 e. The smallest absolute Gasteiger partial charge is 0.159 e. The zero-order valence-corrected chi connectivity index (χ0v) is 9.05. The van der Waals surface area contributed by atoms with Gasteiger partial charge in [0.15, 0.2) is 5.82 Å². The van der Waals surface area contributed by atoms with Crippen molar-refractivity contribution in [3.05, 3.63) is 29.1 Å². The molecule has 6 heteroatoms. The van der Waals surface area contributed by atoms with Crippen LogP contribution in [0.1, 0.15) is 0 Å². The van der Waals surface area contributed by atoms with Gasteiger partial charge in [-0.2, -0.15) is 10.2 Å². The van der Waals surface area contributed by atoms with Crippen molar-refractivity contribution in [1.82, 2.24) is 19.6 Å². The van der Waals surface area contributed by atoms with Gasteiger partial charge in [-0.3, -0.25) is 9.36 Å². The molecule has 0 saturated heterocycles. The van der Waals surface area contributed by atoms with Gasteiger partial charge >= 0.3 is 0 Å². The minimum Gasteiger partial charge on any atom is -0.381 e. The number of nitrogen functional groups attached to an aromatic ring is 1. The lowest BCUT2D eigenvalue weighted by atomic mass is 10.6. The molecule has 0 fully saturated rings. The molecular formula is C8H10BrN5. The quantitative estimate of drug-likeness (QED) is 0.895. The highest BCUT2D eigenvalue weighted by atomic mass is 79.9. The molecule has 2 aromatic rings. The summed E-state index contributed by atoms with van der Waals surface area (Å²) in [5.41, 5.74) is 5.59.